The average molecular weight is 811 g/mol. The Morgan fingerprint density at radius 1 is 0.750 bits per heavy atom. The van der Waals surface area contributed by atoms with Crippen molar-refractivity contribution in [1.82, 2.24) is 10.6 Å². The van der Waals surface area contributed by atoms with Crippen LogP contribution < -0.4 is 24.8 Å². The minimum absolute atomic E-state index is 0.0165. The molecule has 0 aromatic heterocycles. The summed E-state index contributed by atoms with van der Waals surface area (Å²) in [5, 5.41) is 5.37. The lowest BCUT2D eigenvalue weighted by Gasteiger charge is -2.37. The molecule has 2 heterocycles. The molecule has 3 aliphatic rings. The molecule has 5 aromatic rings. The third kappa shape index (κ3) is 7.21. The summed E-state index contributed by atoms with van der Waals surface area (Å²) in [7, 11) is 0. The zero-order chi connectivity index (χ0) is 42.3. The fourth-order valence-corrected chi connectivity index (χ4v) is 7.63. The Morgan fingerprint density at radius 2 is 1.35 bits per heavy atom. The first-order valence-electron chi connectivity index (χ1n) is 18.7. The number of hydrogen-bond acceptors (Lipinski definition) is 10. The van der Waals surface area contributed by atoms with Gasteiger partial charge in [-0.3, -0.25) is 24.0 Å². The molecule has 300 valence electrons. The van der Waals surface area contributed by atoms with Crippen molar-refractivity contribution in [2.24, 2.45) is 0 Å². The molecule has 1 atom stereocenters. The van der Waals surface area contributed by atoms with Crippen LogP contribution in [0.15, 0.2) is 91.0 Å². The standard InChI is InChI=1S/C46H32F2N2O10/c1-24(51)57-41-22-39-34(19-36(41)47)46(35-20-37(48)42(58-25(2)52)23-40(35)59-39)33-18-29(13-14-31(33)45(56)60-46)44(55)50-16-15-49-43(54)21-38(53)32-17-28-9-4-3-7-26(28)11-12-27-8-5-6-10-30(27)32/h3-10,13-14,18-20,22-23,32H,15-17,21H2,1-2H3,(H,49,54)(H,50,55). The second-order valence-electron chi connectivity index (χ2n) is 14.2. The molecule has 8 rings (SSSR count). The van der Waals surface area contributed by atoms with Crippen molar-refractivity contribution < 1.29 is 56.5 Å². The highest BCUT2D eigenvalue weighted by molar-refractivity contribution is 6.02. The highest BCUT2D eigenvalue weighted by atomic mass is 19.1. The van der Waals surface area contributed by atoms with Crippen LogP contribution >= 0.6 is 0 Å². The molecule has 0 bridgehead atoms. The van der Waals surface area contributed by atoms with Crippen molar-refractivity contribution in [1.29, 1.82) is 0 Å². The van der Waals surface area contributed by atoms with Gasteiger partial charge in [-0.15, -0.1) is 0 Å². The Hall–Kier alpha value is -7.66. The van der Waals surface area contributed by atoms with E-state index in [1.54, 1.807) is 0 Å². The minimum atomic E-state index is -2.09. The number of Topliss-reactive ketones (excluding diaryl/α,β-unsaturated/α-hetero) is 1. The van der Waals surface area contributed by atoms with Crippen molar-refractivity contribution >= 4 is 35.5 Å². The van der Waals surface area contributed by atoms with Gasteiger partial charge in [-0.05, 0) is 60.0 Å². The topological polar surface area (TPSA) is 163 Å². The number of hydrogen-bond donors (Lipinski definition) is 2. The SMILES string of the molecule is CC(=O)Oc1cc2c(cc1F)C1(OC(=O)c3ccc(C(=O)NCCNC(=O)CC(=O)C4Cc5ccccc5C#Cc5ccccc54)cc31)c1cc(F)c(OC(C)=O)cc1O2. The van der Waals surface area contributed by atoms with E-state index in [9.17, 15) is 28.8 Å². The van der Waals surface area contributed by atoms with Gasteiger partial charge in [0.25, 0.3) is 5.91 Å². The summed E-state index contributed by atoms with van der Waals surface area (Å²) in [6, 6.07) is 22.9. The van der Waals surface area contributed by atoms with Gasteiger partial charge in [-0.25, -0.2) is 13.6 Å². The molecule has 5 aromatic carbocycles. The first kappa shape index (κ1) is 39.2. The van der Waals surface area contributed by atoms with E-state index in [1.807, 2.05) is 48.5 Å². The van der Waals surface area contributed by atoms with Crippen LogP contribution in [0.1, 0.15) is 85.8 Å². The number of carbonyl (C=O) groups excluding carboxylic acids is 6. The van der Waals surface area contributed by atoms with E-state index in [2.05, 4.69) is 22.5 Å². The smallest absolute Gasteiger partial charge is 0.340 e. The molecule has 2 aliphatic heterocycles. The fourth-order valence-electron chi connectivity index (χ4n) is 7.63. The van der Waals surface area contributed by atoms with Crippen LogP contribution in [-0.2, 0) is 35.9 Å². The van der Waals surface area contributed by atoms with Gasteiger partial charge < -0.3 is 29.6 Å². The number of amides is 2. The second-order valence-corrected chi connectivity index (χ2v) is 14.2. The number of fused-ring (bicyclic) bond motifs is 8. The maximum Gasteiger partial charge on any atom is 0.340 e. The van der Waals surface area contributed by atoms with E-state index >= 15 is 8.78 Å². The number of carbonyl (C=O) groups is 6. The number of halogens is 2. The summed E-state index contributed by atoms with van der Waals surface area (Å²) in [5.74, 6) is -1.68. The van der Waals surface area contributed by atoms with Gasteiger partial charge in [0, 0.05) is 67.2 Å². The monoisotopic (exact) mass is 810 g/mol. The van der Waals surface area contributed by atoms with Gasteiger partial charge in [0.05, 0.1) is 23.1 Å². The summed E-state index contributed by atoms with van der Waals surface area (Å²) in [4.78, 5) is 77.1. The van der Waals surface area contributed by atoms with Crippen LogP contribution in [0.3, 0.4) is 0 Å². The van der Waals surface area contributed by atoms with Gasteiger partial charge in [-0.1, -0.05) is 48.2 Å². The van der Waals surface area contributed by atoms with E-state index in [4.69, 9.17) is 18.9 Å². The first-order chi connectivity index (χ1) is 28.8. The van der Waals surface area contributed by atoms with Gasteiger partial charge in [0.1, 0.15) is 17.3 Å². The Kier molecular flexibility index (Phi) is 10.2. The molecule has 2 N–H and O–H groups in total. The zero-order valence-corrected chi connectivity index (χ0v) is 31.9. The molecular formula is C46H32F2N2O10. The third-order valence-electron chi connectivity index (χ3n) is 10.2. The molecule has 0 saturated carbocycles. The predicted molar refractivity (Wildman–Crippen MR) is 208 cm³/mol. The Bertz CT molecular complexity index is 2700. The lowest BCUT2D eigenvalue weighted by atomic mass is 9.77. The molecule has 0 fully saturated rings. The zero-order valence-electron chi connectivity index (χ0n) is 31.9. The molecule has 0 saturated heterocycles. The van der Waals surface area contributed by atoms with Crippen molar-refractivity contribution in [3.63, 3.8) is 0 Å². The van der Waals surface area contributed by atoms with E-state index in [0.717, 1.165) is 54.8 Å². The van der Waals surface area contributed by atoms with Crippen LogP contribution in [-0.4, -0.2) is 48.6 Å². The fraction of sp³-hybridized carbons (Fsp3) is 0.174. The Balaban J connectivity index is 1.01. The summed E-state index contributed by atoms with van der Waals surface area (Å²) in [5.41, 5.74) is 0.863. The minimum Gasteiger partial charge on any atom is -0.456 e. The predicted octanol–water partition coefficient (Wildman–Crippen LogP) is 5.93. The normalized spacial score (nSPS) is 14.7. The number of benzene rings is 5. The van der Waals surface area contributed by atoms with Crippen molar-refractivity contribution in [2.45, 2.75) is 38.2 Å². The Labute approximate surface area is 340 Å². The number of esters is 3. The van der Waals surface area contributed by atoms with Crippen molar-refractivity contribution in [2.75, 3.05) is 13.1 Å². The summed E-state index contributed by atoms with van der Waals surface area (Å²) in [6.07, 6.45) is -0.0243. The number of ether oxygens (including phenoxy) is 4. The highest BCUT2D eigenvalue weighted by Gasteiger charge is 2.55. The molecule has 1 aliphatic carbocycles. The highest BCUT2D eigenvalue weighted by Crippen LogP contribution is 2.58. The van der Waals surface area contributed by atoms with Crippen LogP contribution in [0, 0.1) is 23.5 Å². The maximum absolute atomic E-state index is 15.5. The Morgan fingerprint density at radius 3 is 2.02 bits per heavy atom. The van der Waals surface area contributed by atoms with Gasteiger partial charge >= 0.3 is 17.9 Å². The number of rotatable bonds is 9. The second kappa shape index (κ2) is 15.6. The van der Waals surface area contributed by atoms with Crippen molar-refractivity contribution in [3.8, 4) is 34.8 Å². The molecule has 60 heavy (non-hydrogen) atoms. The van der Waals surface area contributed by atoms with E-state index in [1.165, 1.54) is 18.2 Å². The summed E-state index contributed by atoms with van der Waals surface area (Å²) < 4.78 is 53.0. The molecule has 0 radical (unpaired) electrons. The third-order valence-corrected chi connectivity index (χ3v) is 10.2. The maximum atomic E-state index is 15.5. The molecule has 2 amide bonds. The largest absolute Gasteiger partial charge is 0.456 e. The number of nitrogens with one attached hydrogen (secondary N) is 2. The molecular weight excluding hydrogens is 779 g/mol. The van der Waals surface area contributed by atoms with Gasteiger partial charge in [0.15, 0.2) is 28.7 Å². The van der Waals surface area contributed by atoms with Crippen LogP contribution in [0.5, 0.6) is 23.0 Å². The first-order valence-corrected chi connectivity index (χ1v) is 18.7. The lowest BCUT2D eigenvalue weighted by molar-refractivity contribution is -0.133. The molecule has 1 unspecified atom stereocenters. The molecule has 12 nitrogen and oxygen atoms in total. The van der Waals surface area contributed by atoms with Crippen LogP contribution in [0.25, 0.3) is 0 Å². The quantitative estimate of drug-likeness (QED) is 0.0600. The lowest BCUT2D eigenvalue weighted by Crippen LogP contribution is -2.36. The summed E-state index contributed by atoms with van der Waals surface area (Å²) >= 11 is 0. The number of ketones is 1. The molecule has 14 heteroatoms. The van der Waals surface area contributed by atoms with E-state index in [-0.39, 0.29) is 58.2 Å². The average Bonchev–Trinajstić information content (AvgIpc) is 3.49. The van der Waals surface area contributed by atoms with Gasteiger partial charge in [-0.2, -0.15) is 0 Å². The van der Waals surface area contributed by atoms with E-state index in [0.29, 0.717) is 12.0 Å². The van der Waals surface area contributed by atoms with Crippen LogP contribution in [0.4, 0.5) is 8.78 Å². The summed E-state index contributed by atoms with van der Waals surface area (Å²) in [6.45, 7) is 2.04. The van der Waals surface area contributed by atoms with Crippen molar-refractivity contribution in [3.05, 3.63) is 153 Å². The molecule has 1 spiro atoms. The van der Waals surface area contributed by atoms with E-state index < -0.39 is 70.8 Å². The van der Waals surface area contributed by atoms with Crippen LogP contribution in [0.2, 0.25) is 0 Å². The van der Waals surface area contributed by atoms with Gasteiger partial charge in [0.2, 0.25) is 5.91 Å².